The van der Waals surface area contributed by atoms with Crippen molar-refractivity contribution in [3.05, 3.63) is 39.9 Å². The quantitative estimate of drug-likeness (QED) is 0.453. The molecule has 1 aliphatic heterocycles. The first-order valence-corrected chi connectivity index (χ1v) is 4.44. The molecule has 0 bridgehead atoms. The standard InChI is InChI=1S/C9H10N2O4/c10-14-5-8-9(15-8)6-1-3-7(4-2-6)11(12)13/h1-4,8-9H,5,10H2/t8-,9-/m0/s1. The first-order valence-electron chi connectivity index (χ1n) is 4.44. The lowest BCUT2D eigenvalue weighted by Crippen LogP contribution is -2.07. The molecule has 0 aliphatic carbocycles. The van der Waals surface area contributed by atoms with E-state index in [2.05, 4.69) is 4.84 Å². The number of nitrogens with zero attached hydrogens (tertiary/aromatic N) is 1. The molecule has 2 rings (SSSR count). The van der Waals surface area contributed by atoms with Gasteiger partial charge >= 0.3 is 0 Å². The predicted molar refractivity (Wildman–Crippen MR) is 50.8 cm³/mol. The maximum absolute atomic E-state index is 10.4. The Morgan fingerprint density at radius 3 is 2.67 bits per heavy atom. The highest BCUT2D eigenvalue weighted by Crippen LogP contribution is 2.38. The Bertz CT molecular complexity index is 365. The van der Waals surface area contributed by atoms with Crippen LogP contribution in [0, 0.1) is 10.1 Å². The van der Waals surface area contributed by atoms with Crippen LogP contribution in [0.25, 0.3) is 0 Å². The van der Waals surface area contributed by atoms with Crippen molar-refractivity contribution in [3.63, 3.8) is 0 Å². The zero-order chi connectivity index (χ0) is 10.8. The fourth-order valence-electron chi connectivity index (χ4n) is 1.44. The zero-order valence-electron chi connectivity index (χ0n) is 7.83. The molecule has 0 saturated carbocycles. The number of nitro benzene ring substituents is 1. The van der Waals surface area contributed by atoms with E-state index in [0.717, 1.165) is 5.56 Å². The van der Waals surface area contributed by atoms with Gasteiger partial charge in [0, 0.05) is 12.1 Å². The smallest absolute Gasteiger partial charge is 0.269 e. The first kappa shape index (κ1) is 10.0. The van der Waals surface area contributed by atoms with Crippen molar-refractivity contribution in [1.29, 1.82) is 0 Å². The molecule has 1 saturated heterocycles. The molecule has 15 heavy (non-hydrogen) atoms. The predicted octanol–water partition coefficient (Wildman–Crippen LogP) is 0.925. The zero-order valence-corrected chi connectivity index (χ0v) is 7.83. The minimum Gasteiger partial charge on any atom is -0.362 e. The fourth-order valence-corrected chi connectivity index (χ4v) is 1.44. The Hall–Kier alpha value is -1.50. The number of nitro groups is 1. The van der Waals surface area contributed by atoms with Gasteiger partial charge in [-0.3, -0.25) is 10.1 Å². The summed E-state index contributed by atoms with van der Waals surface area (Å²) in [7, 11) is 0. The second-order valence-electron chi connectivity index (χ2n) is 3.28. The average Bonchev–Trinajstić information content (AvgIpc) is 2.98. The third-order valence-corrected chi connectivity index (χ3v) is 2.28. The van der Waals surface area contributed by atoms with Crippen molar-refractivity contribution in [2.45, 2.75) is 12.2 Å². The number of benzene rings is 1. The summed E-state index contributed by atoms with van der Waals surface area (Å²) in [5.41, 5.74) is 0.980. The topological polar surface area (TPSA) is 90.9 Å². The summed E-state index contributed by atoms with van der Waals surface area (Å²) >= 11 is 0. The fraction of sp³-hybridized carbons (Fsp3) is 0.333. The highest BCUT2D eigenvalue weighted by molar-refractivity contribution is 5.35. The molecule has 1 aliphatic rings. The molecule has 1 aromatic rings. The lowest BCUT2D eigenvalue weighted by Gasteiger charge is -1.95. The summed E-state index contributed by atoms with van der Waals surface area (Å²) in [5.74, 6) is 4.90. The van der Waals surface area contributed by atoms with Crippen molar-refractivity contribution < 1.29 is 14.5 Å². The second kappa shape index (κ2) is 3.93. The molecule has 6 heteroatoms. The van der Waals surface area contributed by atoms with Crippen LogP contribution in [-0.2, 0) is 9.57 Å². The van der Waals surface area contributed by atoms with Gasteiger partial charge in [-0.25, -0.2) is 5.90 Å². The molecule has 0 spiro atoms. The number of non-ortho nitro benzene ring substituents is 1. The Kier molecular flexibility index (Phi) is 2.63. The minimum absolute atomic E-state index is 0.0311. The molecule has 1 heterocycles. The Morgan fingerprint density at radius 2 is 2.13 bits per heavy atom. The molecule has 80 valence electrons. The largest absolute Gasteiger partial charge is 0.362 e. The van der Waals surface area contributed by atoms with Crippen LogP contribution >= 0.6 is 0 Å². The molecule has 0 amide bonds. The van der Waals surface area contributed by atoms with Crippen LogP contribution in [0.5, 0.6) is 0 Å². The van der Waals surface area contributed by atoms with Gasteiger partial charge in [0.05, 0.1) is 11.5 Å². The highest BCUT2D eigenvalue weighted by Gasteiger charge is 2.40. The van der Waals surface area contributed by atoms with E-state index >= 15 is 0 Å². The van der Waals surface area contributed by atoms with Crippen LogP contribution in [0.4, 0.5) is 5.69 Å². The van der Waals surface area contributed by atoms with E-state index in [1.807, 2.05) is 0 Å². The summed E-state index contributed by atoms with van der Waals surface area (Å²) in [6, 6.07) is 6.27. The van der Waals surface area contributed by atoms with Gasteiger partial charge < -0.3 is 9.57 Å². The number of hydrogen-bond acceptors (Lipinski definition) is 5. The van der Waals surface area contributed by atoms with Gasteiger partial charge in [0.15, 0.2) is 0 Å². The Morgan fingerprint density at radius 1 is 1.47 bits per heavy atom. The minimum atomic E-state index is -0.433. The summed E-state index contributed by atoms with van der Waals surface area (Å²) in [4.78, 5) is 14.4. The van der Waals surface area contributed by atoms with Crippen LogP contribution in [-0.4, -0.2) is 17.6 Å². The van der Waals surface area contributed by atoms with E-state index in [1.54, 1.807) is 12.1 Å². The molecular formula is C9H10N2O4. The van der Waals surface area contributed by atoms with Gasteiger partial charge in [0.2, 0.25) is 0 Å². The molecule has 1 fully saturated rings. The van der Waals surface area contributed by atoms with Crippen molar-refractivity contribution in [3.8, 4) is 0 Å². The molecule has 2 N–H and O–H groups in total. The summed E-state index contributed by atoms with van der Waals surface area (Å²) in [6.07, 6.45) is -0.0780. The summed E-state index contributed by atoms with van der Waals surface area (Å²) < 4.78 is 5.27. The van der Waals surface area contributed by atoms with E-state index in [4.69, 9.17) is 10.6 Å². The van der Waals surface area contributed by atoms with Crippen molar-refractivity contribution in [1.82, 2.24) is 0 Å². The van der Waals surface area contributed by atoms with Gasteiger partial charge in [0.25, 0.3) is 5.69 Å². The van der Waals surface area contributed by atoms with Crippen LogP contribution in [0.2, 0.25) is 0 Å². The highest BCUT2D eigenvalue weighted by atomic mass is 16.7. The Labute approximate surface area is 85.7 Å². The third kappa shape index (κ3) is 2.12. The molecular weight excluding hydrogens is 200 g/mol. The van der Waals surface area contributed by atoms with E-state index in [9.17, 15) is 10.1 Å². The molecule has 2 atom stereocenters. The molecule has 0 radical (unpaired) electrons. The van der Waals surface area contributed by atoms with E-state index in [0.29, 0.717) is 6.61 Å². The number of hydrogen-bond donors (Lipinski definition) is 1. The van der Waals surface area contributed by atoms with E-state index in [-0.39, 0.29) is 17.9 Å². The van der Waals surface area contributed by atoms with Gasteiger partial charge in [-0.2, -0.15) is 0 Å². The normalized spacial score (nSPS) is 23.8. The van der Waals surface area contributed by atoms with Gasteiger partial charge in [0.1, 0.15) is 12.2 Å². The van der Waals surface area contributed by atoms with E-state index < -0.39 is 4.92 Å². The van der Waals surface area contributed by atoms with E-state index in [1.165, 1.54) is 12.1 Å². The number of epoxide rings is 1. The van der Waals surface area contributed by atoms with Crippen LogP contribution in [0.1, 0.15) is 11.7 Å². The maximum Gasteiger partial charge on any atom is 0.269 e. The molecule has 0 unspecified atom stereocenters. The molecule has 0 aromatic heterocycles. The van der Waals surface area contributed by atoms with Gasteiger partial charge in [-0.15, -0.1) is 0 Å². The lowest BCUT2D eigenvalue weighted by molar-refractivity contribution is -0.384. The van der Waals surface area contributed by atoms with Gasteiger partial charge in [-0.05, 0) is 17.7 Å². The number of nitrogens with two attached hydrogens (primary N) is 1. The summed E-state index contributed by atoms with van der Waals surface area (Å²) in [6.45, 7) is 0.335. The SMILES string of the molecule is NOC[C@@H]1O[C@H]1c1ccc([N+](=O)[O-])cc1. The first-order chi connectivity index (χ1) is 7.22. The maximum atomic E-state index is 10.4. The molecule has 1 aromatic carbocycles. The van der Waals surface area contributed by atoms with Crippen molar-refractivity contribution >= 4 is 5.69 Å². The Balaban J connectivity index is 2.03. The number of ether oxygens (including phenoxy) is 1. The van der Waals surface area contributed by atoms with Crippen molar-refractivity contribution in [2.24, 2.45) is 5.90 Å². The second-order valence-corrected chi connectivity index (χ2v) is 3.28. The third-order valence-electron chi connectivity index (χ3n) is 2.28. The van der Waals surface area contributed by atoms with Crippen LogP contribution < -0.4 is 5.90 Å². The van der Waals surface area contributed by atoms with Gasteiger partial charge in [-0.1, -0.05) is 0 Å². The van der Waals surface area contributed by atoms with Crippen molar-refractivity contribution in [2.75, 3.05) is 6.61 Å². The van der Waals surface area contributed by atoms with Crippen LogP contribution in [0.3, 0.4) is 0 Å². The monoisotopic (exact) mass is 210 g/mol. The lowest BCUT2D eigenvalue weighted by atomic mass is 10.1. The summed E-state index contributed by atoms with van der Waals surface area (Å²) in [5, 5.41) is 10.4. The van der Waals surface area contributed by atoms with Crippen LogP contribution in [0.15, 0.2) is 24.3 Å². The number of rotatable bonds is 4. The average molecular weight is 210 g/mol. The molecule has 6 nitrogen and oxygen atoms in total.